The van der Waals surface area contributed by atoms with E-state index in [-0.39, 0.29) is 5.91 Å². The number of nitrogens with zero attached hydrogens (tertiary/aromatic N) is 4. The Morgan fingerprint density at radius 1 is 1.47 bits per heavy atom. The minimum Gasteiger partial charge on any atom is -0.339 e. The van der Waals surface area contributed by atoms with Crippen LogP contribution in [0.3, 0.4) is 0 Å². The maximum atomic E-state index is 12.3. The van der Waals surface area contributed by atoms with Gasteiger partial charge in [-0.25, -0.2) is 4.68 Å². The Kier molecular flexibility index (Phi) is 4.68. The van der Waals surface area contributed by atoms with Crippen molar-refractivity contribution in [1.29, 1.82) is 0 Å². The number of thioether (sulfide) groups is 1. The van der Waals surface area contributed by atoms with Gasteiger partial charge in [0, 0.05) is 12.6 Å². The average molecular weight is 283 g/mol. The first-order valence-electron chi connectivity index (χ1n) is 6.72. The predicted molar refractivity (Wildman–Crippen MR) is 75.3 cm³/mol. The monoisotopic (exact) mass is 283 g/mol. The third-order valence-corrected chi connectivity index (χ3v) is 4.51. The maximum absolute atomic E-state index is 12.3. The fourth-order valence-electron chi connectivity index (χ4n) is 2.41. The van der Waals surface area contributed by atoms with Crippen molar-refractivity contribution in [3.63, 3.8) is 0 Å². The Labute approximate surface area is 117 Å². The van der Waals surface area contributed by atoms with E-state index in [1.807, 2.05) is 4.90 Å². The van der Waals surface area contributed by atoms with Crippen LogP contribution in [0.1, 0.15) is 38.4 Å². The molecule has 1 aliphatic rings. The lowest BCUT2D eigenvalue weighted by atomic mass is 10.0. The normalized spacial score (nSPS) is 19.7. The van der Waals surface area contributed by atoms with Crippen LogP contribution in [0, 0.1) is 6.92 Å². The number of likely N-dealkylation sites (tertiary alicyclic amines) is 1. The zero-order chi connectivity index (χ0) is 13.8. The molecule has 2 N–H and O–H groups in total. The van der Waals surface area contributed by atoms with E-state index in [2.05, 4.69) is 17.1 Å². The summed E-state index contributed by atoms with van der Waals surface area (Å²) >= 11 is 1.36. The Morgan fingerprint density at radius 2 is 2.26 bits per heavy atom. The molecule has 1 fully saturated rings. The van der Waals surface area contributed by atoms with Gasteiger partial charge in [-0.15, -0.1) is 10.2 Å². The molecular formula is C12H21N5OS. The second-order valence-electron chi connectivity index (χ2n) is 4.83. The summed E-state index contributed by atoms with van der Waals surface area (Å²) in [6.07, 6.45) is 4.49. The van der Waals surface area contributed by atoms with E-state index in [1.54, 1.807) is 6.92 Å². The number of hydrogen-bond donors (Lipinski definition) is 1. The standard InChI is InChI=1S/C12H21N5OS/c1-3-10-6-4-5-7-16(10)11(18)8-19-12-15-14-9(2)17(12)13/h10H,3-8,13H2,1-2H3. The lowest BCUT2D eigenvalue weighted by Gasteiger charge is -2.35. The van der Waals surface area contributed by atoms with Gasteiger partial charge in [0.15, 0.2) is 0 Å². The molecule has 6 nitrogen and oxygen atoms in total. The van der Waals surface area contributed by atoms with Gasteiger partial charge in [0.05, 0.1) is 5.75 Å². The summed E-state index contributed by atoms with van der Waals surface area (Å²) in [4.78, 5) is 14.3. The van der Waals surface area contributed by atoms with Crippen molar-refractivity contribution in [2.75, 3.05) is 18.1 Å². The molecule has 1 amide bonds. The molecule has 106 valence electrons. The van der Waals surface area contributed by atoms with E-state index in [0.29, 0.717) is 22.8 Å². The Hall–Kier alpha value is -1.24. The SMILES string of the molecule is CCC1CCCCN1C(=O)CSc1nnc(C)n1N. The summed E-state index contributed by atoms with van der Waals surface area (Å²) in [6, 6.07) is 0.402. The number of nitrogen functional groups attached to an aromatic ring is 1. The average Bonchev–Trinajstić information content (AvgIpc) is 2.76. The third kappa shape index (κ3) is 3.20. The first-order valence-corrected chi connectivity index (χ1v) is 7.71. The Bertz CT molecular complexity index is 447. The van der Waals surface area contributed by atoms with E-state index in [4.69, 9.17) is 5.84 Å². The maximum Gasteiger partial charge on any atom is 0.233 e. The van der Waals surface area contributed by atoms with E-state index in [9.17, 15) is 4.79 Å². The number of hydrogen-bond acceptors (Lipinski definition) is 5. The molecule has 1 saturated heterocycles. The fraction of sp³-hybridized carbons (Fsp3) is 0.750. The van der Waals surface area contributed by atoms with Crippen LogP contribution in [0.5, 0.6) is 0 Å². The van der Waals surface area contributed by atoms with Crippen LogP contribution in [0.25, 0.3) is 0 Å². The fourth-order valence-corrected chi connectivity index (χ4v) is 3.20. The molecule has 0 aromatic carbocycles. The van der Waals surface area contributed by atoms with Crippen LogP contribution in [-0.2, 0) is 4.79 Å². The van der Waals surface area contributed by atoms with Crippen LogP contribution in [0.4, 0.5) is 0 Å². The largest absolute Gasteiger partial charge is 0.339 e. The molecule has 0 radical (unpaired) electrons. The molecule has 0 bridgehead atoms. The minimum absolute atomic E-state index is 0.178. The molecule has 1 atom stereocenters. The molecule has 2 heterocycles. The minimum atomic E-state index is 0.178. The number of aryl methyl sites for hydroxylation is 1. The molecule has 0 saturated carbocycles. The molecule has 1 unspecified atom stereocenters. The summed E-state index contributed by atoms with van der Waals surface area (Å²) in [7, 11) is 0. The van der Waals surface area contributed by atoms with Gasteiger partial charge in [-0.05, 0) is 32.6 Å². The molecule has 1 aromatic rings. The van der Waals surface area contributed by atoms with Crippen molar-refractivity contribution in [1.82, 2.24) is 19.8 Å². The molecule has 7 heteroatoms. The zero-order valence-corrected chi connectivity index (χ0v) is 12.3. The summed E-state index contributed by atoms with van der Waals surface area (Å²) in [5, 5.41) is 8.43. The predicted octanol–water partition coefficient (Wildman–Crippen LogP) is 1.18. The number of nitrogens with two attached hydrogens (primary N) is 1. The quantitative estimate of drug-likeness (QED) is 0.663. The second-order valence-corrected chi connectivity index (χ2v) is 5.78. The van der Waals surface area contributed by atoms with Crippen LogP contribution in [0.2, 0.25) is 0 Å². The van der Waals surface area contributed by atoms with Gasteiger partial charge in [0.25, 0.3) is 0 Å². The van der Waals surface area contributed by atoms with Crippen molar-refractivity contribution < 1.29 is 4.79 Å². The van der Waals surface area contributed by atoms with Crippen molar-refractivity contribution in [2.24, 2.45) is 0 Å². The number of carbonyl (C=O) groups is 1. The van der Waals surface area contributed by atoms with E-state index < -0.39 is 0 Å². The highest BCUT2D eigenvalue weighted by Gasteiger charge is 2.25. The molecule has 0 spiro atoms. The number of aromatic nitrogens is 3. The molecule has 1 aliphatic heterocycles. The molecule has 2 rings (SSSR count). The third-order valence-electron chi connectivity index (χ3n) is 3.58. The highest BCUT2D eigenvalue weighted by atomic mass is 32.2. The zero-order valence-electron chi connectivity index (χ0n) is 11.5. The van der Waals surface area contributed by atoms with Gasteiger partial charge in [-0.1, -0.05) is 18.7 Å². The number of rotatable bonds is 4. The summed E-state index contributed by atoms with van der Waals surface area (Å²) in [6.45, 7) is 4.81. The van der Waals surface area contributed by atoms with Crippen molar-refractivity contribution >= 4 is 17.7 Å². The number of amides is 1. The van der Waals surface area contributed by atoms with Gasteiger partial charge in [0.1, 0.15) is 5.82 Å². The number of piperidine rings is 1. The summed E-state index contributed by atoms with van der Waals surface area (Å²) in [5.74, 6) is 6.98. The van der Waals surface area contributed by atoms with Crippen molar-refractivity contribution in [2.45, 2.75) is 50.7 Å². The van der Waals surface area contributed by atoms with Crippen LogP contribution < -0.4 is 5.84 Å². The highest BCUT2D eigenvalue weighted by Crippen LogP contribution is 2.22. The lowest BCUT2D eigenvalue weighted by Crippen LogP contribution is -2.44. The van der Waals surface area contributed by atoms with Gasteiger partial charge in [0.2, 0.25) is 11.1 Å². The Morgan fingerprint density at radius 3 is 2.89 bits per heavy atom. The van der Waals surface area contributed by atoms with Crippen molar-refractivity contribution in [3.05, 3.63) is 5.82 Å². The van der Waals surface area contributed by atoms with Crippen molar-refractivity contribution in [3.8, 4) is 0 Å². The van der Waals surface area contributed by atoms with Crippen LogP contribution in [0.15, 0.2) is 5.16 Å². The van der Waals surface area contributed by atoms with E-state index >= 15 is 0 Å². The van der Waals surface area contributed by atoms with E-state index in [0.717, 1.165) is 25.8 Å². The van der Waals surface area contributed by atoms with Crippen LogP contribution >= 0.6 is 11.8 Å². The first-order chi connectivity index (χ1) is 9.13. The van der Waals surface area contributed by atoms with Gasteiger partial charge in [-0.3, -0.25) is 4.79 Å². The van der Waals surface area contributed by atoms with Crippen LogP contribution in [-0.4, -0.2) is 44.0 Å². The highest BCUT2D eigenvalue weighted by molar-refractivity contribution is 7.99. The number of carbonyl (C=O) groups excluding carboxylic acids is 1. The molecule has 19 heavy (non-hydrogen) atoms. The Balaban J connectivity index is 1.91. The summed E-state index contributed by atoms with van der Waals surface area (Å²) < 4.78 is 1.42. The lowest BCUT2D eigenvalue weighted by molar-refractivity contribution is -0.132. The first kappa shape index (κ1) is 14.2. The molecule has 0 aliphatic carbocycles. The van der Waals surface area contributed by atoms with Gasteiger partial charge < -0.3 is 10.7 Å². The van der Waals surface area contributed by atoms with Gasteiger partial charge >= 0.3 is 0 Å². The van der Waals surface area contributed by atoms with E-state index in [1.165, 1.54) is 22.9 Å². The second kappa shape index (κ2) is 6.27. The molecule has 1 aromatic heterocycles. The van der Waals surface area contributed by atoms with Gasteiger partial charge in [-0.2, -0.15) is 0 Å². The summed E-state index contributed by atoms with van der Waals surface area (Å²) in [5.41, 5.74) is 0. The topological polar surface area (TPSA) is 77.0 Å². The molecular weight excluding hydrogens is 262 g/mol. The smallest absolute Gasteiger partial charge is 0.233 e.